The smallest absolute Gasteiger partial charge is 0.328 e. The Morgan fingerprint density at radius 3 is 2.59 bits per heavy atom. The zero-order valence-corrected chi connectivity index (χ0v) is 16.1. The number of amides is 4. The molecule has 3 aliphatic rings. The molecule has 4 amide bonds. The van der Waals surface area contributed by atoms with Crippen LogP contribution in [-0.2, 0) is 20.7 Å². The van der Waals surface area contributed by atoms with Crippen LogP contribution < -0.4 is 15.5 Å². The van der Waals surface area contributed by atoms with Gasteiger partial charge in [-0.2, -0.15) is 0 Å². The van der Waals surface area contributed by atoms with Crippen LogP contribution in [0.3, 0.4) is 0 Å². The molecule has 3 atom stereocenters. The number of benzene rings is 1. The van der Waals surface area contributed by atoms with Crippen molar-refractivity contribution in [1.29, 1.82) is 0 Å². The molecule has 3 heterocycles. The van der Waals surface area contributed by atoms with Gasteiger partial charge in [0.2, 0.25) is 11.8 Å². The van der Waals surface area contributed by atoms with Crippen molar-refractivity contribution in [2.75, 3.05) is 11.4 Å². The minimum absolute atomic E-state index is 0.0533. The molecule has 0 aliphatic carbocycles. The second-order valence-corrected chi connectivity index (χ2v) is 7.80. The summed E-state index contributed by atoms with van der Waals surface area (Å²) < 4.78 is 6.13. The molecule has 4 rings (SSSR count). The SMILES string of the molecule is CCC[C@@H]1CN2c3ccc([N+](=O)[O-])cc3CC3(C(=O)NC(=O)NC3=O)[C@H]2[C@H](C)O1. The fraction of sp³-hybridized carbons (Fsp3) is 0.526. The Balaban J connectivity index is 1.88. The summed E-state index contributed by atoms with van der Waals surface area (Å²) >= 11 is 0. The van der Waals surface area contributed by atoms with Crippen molar-refractivity contribution in [3.05, 3.63) is 33.9 Å². The largest absolute Gasteiger partial charge is 0.371 e. The molecule has 1 spiro atoms. The van der Waals surface area contributed by atoms with Gasteiger partial charge in [0.1, 0.15) is 0 Å². The quantitative estimate of drug-likeness (QED) is 0.442. The van der Waals surface area contributed by atoms with Gasteiger partial charge in [-0.3, -0.25) is 30.3 Å². The van der Waals surface area contributed by atoms with E-state index in [0.717, 1.165) is 18.5 Å². The van der Waals surface area contributed by atoms with E-state index < -0.39 is 40.3 Å². The molecule has 1 aromatic carbocycles. The zero-order valence-electron chi connectivity index (χ0n) is 16.1. The number of carbonyl (C=O) groups is 3. The molecule has 2 fully saturated rings. The lowest BCUT2D eigenvalue weighted by atomic mass is 9.66. The maximum Gasteiger partial charge on any atom is 0.328 e. The highest BCUT2D eigenvalue weighted by atomic mass is 16.6. The number of carbonyl (C=O) groups excluding carboxylic acids is 3. The Morgan fingerprint density at radius 1 is 1.28 bits per heavy atom. The first-order valence-corrected chi connectivity index (χ1v) is 9.64. The van der Waals surface area contributed by atoms with Crippen LogP contribution in [0.4, 0.5) is 16.2 Å². The highest BCUT2D eigenvalue weighted by Crippen LogP contribution is 2.47. The van der Waals surface area contributed by atoms with Crippen molar-refractivity contribution in [3.63, 3.8) is 0 Å². The maximum absolute atomic E-state index is 13.0. The van der Waals surface area contributed by atoms with Gasteiger partial charge in [0.05, 0.1) is 23.2 Å². The lowest BCUT2D eigenvalue weighted by molar-refractivity contribution is -0.384. The number of rotatable bonds is 3. The summed E-state index contributed by atoms with van der Waals surface area (Å²) in [5, 5.41) is 15.7. The molecule has 0 radical (unpaired) electrons. The second kappa shape index (κ2) is 6.80. The zero-order chi connectivity index (χ0) is 20.9. The Bertz CT molecular complexity index is 896. The third-order valence-corrected chi connectivity index (χ3v) is 6.02. The van der Waals surface area contributed by atoms with Gasteiger partial charge in [-0.1, -0.05) is 13.3 Å². The van der Waals surface area contributed by atoms with Gasteiger partial charge in [0.15, 0.2) is 5.41 Å². The average Bonchev–Trinajstić information content (AvgIpc) is 2.65. The number of urea groups is 1. The fourth-order valence-corrected chi connectivity index (χ4v) is 4.91. The van der Waals surface area contributed by atoms with Gasteiger partial charge in [0, 0.05) is 30.8 Å². The number of ether oxygens (including phenoxy) is 1. The van der Waals surface area contributed by atoms with E-state index in [4.69, 9.17) is 4.74 Å². The summed E-state index contributed by atoms with van der Waals surface area (Å²) in [7, 11) is 0. The number of nitro benzene ring substituents is 1. The molecule has 0 saturated carbocycles. The van der Waals surface area contributed by atoms with Crippen molar-refractivity contribution in [1.82, 2.24) is 10.6 Å². The molecule has 1 aromatic rings. The standard InChI is InChI=1S/C19H22N4O6/c1-3-4-13-9-22-14-6-5-12(23(27)28)7-11(14)8-19(15(22)10(2)29-13)16(24)20-18(26)21-17(19)25/h5-7,10,13,15H,3-4,8-9H2,1-2H3,(H2,20,21,24,25,26)/t10-,13+,15+/m0/s1. The number of non-ortho nitro benzene ring substituents is 1. The minimum atomic E-state index is -1.62. The van der Waals surface area contributed by atoms with Crippen molar-refractivity contribution in [3.8, 4) is 0 Å². The van der Waals surface area contributed by atoms with Crippen LogP contribution in [0.2, 0.25) is 0 Å². The average molecular weight is 402 g/mol. The van der Waals surface area contributed by atoms with Crippen LogP contribution >= 0.6 is 0 Å². The lowest BCUT2D eigenvalue weighted by Crippen LogP contribution is -2.75. The summed E-state index contributed by atoms with van der Waals surface area (Å²) in [6.07, 6.45) is 1.10. The maximum atomic E-state index is 13.0. The number of morpholine rings is 1. The molecule has 29 heavy (non-hydrogen) atoms. The Hall–Kier alpha value is -3.01. The molecule has 3 aliphatic heterocycles. The molecular formula is C19H22N4O6. The topological polar surface area (TPSA) is 131 Å². The number of hydrogen-bond acceptors (Lipinski definition) is 7. The fourth-order valence-electron chi connectivity index (χ4n) is 4.91. The number of nitrogens with zero attached hydrogens (tertiary/aromatic N) is 2. The summed E-state index contributed by atoms with van der Waals surface area (Å²) in [5.74, 6) is -1.41. The molecular weight excluding hydrogens is 380 g/mol. The van der Waals surface area contributed by atoms with Gasteiger partial charge < -0.3 is 9.64 Å². The van der Waals surface area contributed by atoms with E-state index in [1.165, 1.54) is 12.1 Å². The molecule has 2 N–H and O–H groups in total. The van der Waals surface area contributed by atoms with Crippen LogP contribution in [0.5, 0.6) is 0 Å². The first-order valence-electron chi connectivity index (χ1n) is 9.64. The highest BCUT2D eigenvalue weighted by molar-refractivity contribution is 6.20. The van der Waals surface area contributed by atoms with E-state index in [2.05, 4.69) is 10.6 Å². The first-order chi connectivity index (χ1) is 13.8. The number of barbiturate groups is 1. The number of nitrogens with one attached hydrogen (secondary N) is 2. The predicted molar refractivity (Wildman–Crippen MR) is 101 cm³/mol. The van der Waals surface area contributed by atoms with Gasteiger partial charge in [-0.15, -0.1) is 0 Å². The number of anilines is 1. The molecule has 154 valence electrons. The van der Waals surface area contributed by atoms with Gasteiger partial charge in [-0.05, 0) is 25.0 Å². The third-order valence-electron chi connectivity index (χ3n) is 6.02. The second-order valence-electron chi connectivity index (χ2n) is 7.80. The molecule has 2 saturated heterocycles. The summed E-state index contributed by atoms with van der Waals surface area (Å²) in [6.45, 7) is 4.31. The monoisotopic (exact) mass is 402 g/mol. The predicted octanol–water partition coefficient (Wildman–Crippen LogP) is 1.27. The van der Waals surface area contributed by atoms with Crippen LogP contribution in [0.1, 0.15) is 32.3 Å². The first kappa shape index (κ1) is 19.3. The lowest BCUT2D eigenvalue weighted by Gasteiger charge is -2.55. The van der Waals surface area contributed by atoms with Crippen LogP contribution in [0, 0.1) is 15.5 Å². The minimum Gasteiger partial charge on any atom is -0.371 e. The van der Waals surface area contributed by atoms with Gasteiger partial charge >= 0.3 is 6.03 Å². The molecule has 10 nitrogen and oxygen atoms in total. The van der Waals surface area contributed by atoms with Crippen molar-refractivity contribution in [2.45, 2.75) is 51.4 Å². The van der Waals surface area contributed by atoms with E-state index >= 15 is 0 Å². The summed E-state index contributed by atoms with van der Waals surface area (Å²) in [4.78, 5) is 50.4. The highest BCUT2D eigenvalue weighted by Gasteiger charge is 2.63. The number of hydrogen-bond donors (Lipinski definition) is 2. The van der Waals surface area contributed by atoms with Crippen molar-refractivity contribution in [2.24, 2.45) is 5.41 Å². The molecule has 10 heteroatoms. The van der Waals surface area contributed by atoms with E-state index in [1.807, 2.05) is 18.7 Å². The van der Waals surface area contributed by atoms with E-state index in [-0.39, 0.29) is 18.2 Å². The Kier molecular flexibility index (Phi) is 4.53. The van der Waals surface area contributed by atoms with Gasteiger partial charge in [-0.25, -0.2) is 4.79 Å². The summed E-state index contributed by atoms with van der Waals surface area (Å²) in [5.41, 5.74) is -0.455. The number of nitro groups is 1. The van der Waals surface area contributed by atoms with Crippen LogP contribution in [-0.4, -0.2) is 47.6 Å². The van der Waals surface area contributed by atoms with E-state index in [9.17, 15) is 24.5 Å². The Labute approximate surface area is 166 Å². The number of imide groups is 2. The van der Waals surface area contributed by atoms with Crippen LogP contribution in [0.15, 0.2) is 18.2 Å². The van der Waals surface area contributed by atoms with E-state index in [1.54, 1.807) is 6.07 Å². The molecule has 0 unspecified atom stereocenters. The Morgan fingerprint density at radius 2 is 1.97 bits per heavy atom. The van der Waals surface area contributed by atoms with Crippen molar-refractivity contribution < 1.29 is 24.0 Å². The van der Waals surface area contributed by atoms with E-state index in [0.29, 0.717) is 12.1 Å². The number of fused-ring (bicyclic) bond motifs is 4. The third kappa shape index (κ3) is 2.86. The normalized spacial score (nSPS) is 27.7. The summed E-state index contributed by atoms with van der Waals surface area (Å²) in [6, 6.07) is 2.98. The van der Waals surface area contributed by atoms with Gasteiger partial charge in [0.25, 0.3) is 5.69 Å². The molecule has 0 bridgehead atoms. The van der Waals surface area contributed by atoms with Crippen LogP contribution in [0.25, 0.3) is 0 Å². The van der Waals surface area contributed by atoms with Crippen molar-refractivity contribution >= 4 is 29.2 Å². The molecule has 0 aromatic heterocycles.